The highest BCUT2D eigenvalue weighted by atomic mass is 16.2. The Morgan fingerprint density at radius 1 is 1.33 bits per heavy atom. The molecule has 1 aromatic rings. The van der Waals surface area contributed by atoms with Crippen molar-refractivity contribution in [1.82, 2.24) is 4.90 Å². The van der Waals surface area contributed by atoms with E-state index in [9.17, 15) is 4.79 Å². The van der Waals surface area contributed by atoms with E-state index in [1.54, 1.807) is 0 Å². The Balaban J connectivity index is 2.19. The number of nitrogens with two attached hydrogens (primary N) is 1. The van der Waals surface area contributed by atoms with Crippen LogP contribution in [0.25, 0.3) is 0 Å². The molecule has 3 nitrogen and oxygen atoms in total. The lowest BCUT2D eigenvalue weighted by atomic mass is 9.83. The van der Waals surface area contributed by atoms with Crippen molar-refractivity contribution in [3.05, 3.63) is 35.4 Å². The molecule has 0 bridgehead atoms. The van der Waals surface area contributed by atoms with Crippen LogP contribution in [0.15, 0.2) is 24.3 Å². The Labute approximate surface area is 109 Å². The lowest BCUT2D eigenvalue weighted by molar-refractivity contribution is -0.135. The van der Waals surface area contributed by atoms with Crippen LogP contribution in [-0.4, -0.2) is 29.9 Å². The Morgan fingerprint density at radius 2 is 1.94 bits per heavy atom. The number of rotatable bonds is 2. The average molecular weight is 246 g/mol. The van der Waals surface area contributed by atoms with E-state index in [1.807, 2.05) is 30.9 Å². The van der Waals surface area contributed by atoms with Crippen LogP contribution in [0.3, 0.4) is 0 Å². The van der Waals surface area contributed by atoms with E-state index in [0.717, 1.165) is 18.5 Å². The van der Waals surface area contributed by atoms with Gasteiger partial charge in [-0.15, -0.1) is 0 Å². The molecule has 2 rings (SSSR count). The van der Waals surface area contributed by atoms with Gasteiger partial charge in [0.1, 0.15) is 0 Å². The van der Waals surface area contributed by atoms with Gasteiger partial charge in [0.05, 0.1) is 5.41 Å². The maximum absolute atomic E-state index is 12.6. The summed E-state index contributed by atoms with van der Waals surface area (Å²) >= 11 is 0. The Hall–Kier alpha value is -1.35. The standard InChI is InChI=1S/C15H22N2O/c1-11-4-6-12(7-5-11)15(2,3)14(18)17-9-8-13(16)10-17/h4-7,13H,8-10,16H2,1-3H3/t13-/m1/s1. The highest BCUT2D eigenvalue weighted by Crippen LogP contribution is 2.27. The second-order valence-corrected chi connectivity index (χ2v) is 5.79. The quantitative estimate of drug-likeness (QED) is 0.865. The molecular formula is C15H22N2O. The first-order chi connectivity index (χ1) is 8.41. The molecule has 1 saturated heterocycles. The summed E-state index contributed by atoms with van der Waals surface area (Å²) in [6, 6.07) is 8.34. The molecule has 1 aromatic carbocycles. The van der Waals surface area contributed by atoms with E-state index in [0.29, 0.717) is 6.54 Å². The van der Waals surface area contributed by atoms with Gasteiger partial charge in [-0.05, 0) is 32.8 Å². The van der Waals surface area contributed by atoms with Crippen molar-refractivity contribution in [3.63, 3.8) is 0 Å². The molecule has 1 aliphatic rings. The molecule has 1 fully saturated rings. The van der Waals surface area contributed by atoms with Gasteiger partial charge in [-0.1, -0.05) is 29.8 Å². The van der Waals surface area contributed by atoms with Crippen LogP contribution < -0.4 is 5.73 Å². The van der Waals surface area contributed by atoms with Gasteiger partial charge >= 0.3 is 0 Å². The van der Waals surface area contributed by atoms with Crippen molar-refractivity contribution in [3.8, 4) is 0 Å². The zero-order chi connectivity index (χ0) is 13.3. The van der Waals surface area contributed by atoms with E-state index < -0.39 is 5.41 Å². The number of hydrogen-bond acceptors (Lipinski definition) is 2. The maximum atomic E-state index is 12.6. The third kappa shape index (κ3) is 2.41. The molecule has 3 heteroatoms. The summed E-state index contributed by atoms with van der Waals surface area (Å²) in [5, 5.41) is 0. The molecule has 0 aromatic heterocycles. The predicted molar refractivity (Wildman–Crippen MR) is 73.4 cm³/mol. The molecule has 1 aliphatic heterocycles. The molecule has 18 heavy (non-hydrogen) atoms. The monoisotopic (exact) mass is 246 g/mol. The van der Waals surface area contributed by atoms with Crippen LogP contribution in [0.5, 0.6) is 0 Å². The molecule has 98 valence electrons. The van der Waals surface area contributed by atoms with E-state index in [-0.39, 0.29) is 11.9 Å². The van der Waals surface area contributed by atoms with Crippen molar-refractivity contribution in [2.75, 3.05) is 13.1 Å². The van der Waals surface area contributed by atoms with Crippen molar-refractivity contribution in [1.29, 1.82) is 0 Å². The summed E-state index contributed by atoms with van der Waals surface area (Å²) in [5.74, 6) is 0.180. The van der Waals surface area contributed by atoms with E-state index in [4.69, 9.17) is 5.73 Å². The molecule has 0 radical (unpaired) electrons. The van der Waals surface area contributed by atoms with Gasteiger partial charge in [0, 0.05) is 19.1 Å². The minimum Gasteiger partial charge on any atom is -0.340 e. The molecule has 2 N–H and O–H groups in total. The predicted octanol–water partition coefficient (Wildman–Crippen LogP) is 1.83. The summed E-state index contributed by atoms with van der Waals surface area (Å²) in [6.07, 6.45) is 0.912. The lowest BCUT2D eigenvalue weighted by Crippen LogP contribution is -2.43. The number of nitrogens with zero attached hydrogens (tertiary/aromatic N) is 1. The largest absolute Gasteiger partial charge is 0.340 e. The fraction of sp³-hybridized carbons (Fsp3) is 0.533. The molecule has 0 spiro atoms. The number of aryl methyl sites for hydroxylation is 1. The smallest absolute Gasteiger partial charge is 0.232 e. The second-order valence-electron chi connectivity index (χ2n) is 5.79. The average Bonchev–Trinajstić information content (AvgIpc) is 2.75. The first-order valence-electron chi connectivity index (χ1n) is 6.53. The summed E-state index contributed by atoms with van der Waals surface area (Å²) in [6.45, 7) is 7.51. The summed E-state index contributed by atoms with van der Waals surface area (Å²) in [4.78, 5) is 14.5. The number of carbonyl (C=O) groups excluding carboxylic acids is 1. The number of likely N-dealkylation sites (tertiary alicyclic amines) is 1. The summed E-state index contributed by atoms with van der Waals surface area (Å²) in [5.41, 5.74) is 7.68. The molecule has 0 aliphatic carbocycles. The second kappa shape index (κ2) is 4.73. The van der Waals surface area contributed by atoms with Crippen LogP contribution in [-0.2, 0) is 10.2 Å². The van der Waals surface area contributed by atoms with Crippen molar-refractivity contribution in [2.45, 2.75) is 38.6 Å². The van der Waals surface area contributed by atoms with E-state index in [1.165, 1.54) is 5.56 Å². The highest BCUT2D eigenvalue weighted by molar-refractivity contribution is 5.87. The third-order valence-electron chi connectivity index (χ3n) is 3.82. The van der Waals surface area contributed by atoms with E-state index >= 15 is 0 Å². The molecule has 1 amide bonds. The fourth-order valence-electron chi connectivity index (χ4n) is 2.46. The Kier molecular flexibility index (Phi) is 3.44. The van der Waals surface area contributed by atoms with Gasteiger partial charge in [0.15, 0.2) is 0 Å². The van der Waals surface area contributed by atoms with Crippen LogP contribution in [0.4, 0.5) is 0 Å². The van der Waals surface area contributed by atoms with Gasteiger partial charge in [0.25, 0.3) is 0 Å². The molecular weight excluding hydrogens is 224 g/mol. The van der Waals surface area contributed by atoms with Crippen LogP contribution in [0.1, 0.15) is 31.4 Å². The van der Waals surface area contributed by atoms with Crippen molar-refractivity contribution < 1.29 is 4.79 Å². The highest BCUT2D eigenvalue weighted by Gasteiger charge is 2.36. The topological polar surface area (TPSA) is 46.3 Å². The number of hydrogen-bond donors (Lipinski definition) is 1. The van der Waals surface area contributed by atoms with Gasteiger partial charge in [-0.2, -0.15) is 0 Å². The van der Waals surface area contributed by atoms with Crippen LogP contribution >= 0.6 is 0 Å². The number of amides is 1. The maximum Gasteiger partial charge on any atom is 0.232 e. The Morgan fingerprint density at radius 3 is 2.44 bits per heavy atom. The van der Waals surface area contributed by atoms with Crippen molar-refractivity contribution in [2.24, 2.45) is 5.73 Å². The summed E-state index contributed by atoms with van der Waals surface area (Å²) in [7, 11) is 0. The third-order valence-corrected chi connectivity index (χ3v) is 3.82. The molecule has 1 heterocycles. The normalized spacial score (nSPS) is 20.2. The first kappa shape index (κ1) is 13.1. The van der Waals surface area contributed by atoms with E-state index in [2.05, 4.69) is 19.1 Å². The SMILES string of the molecule is Cc1ccc(C(C)(C)C(=O)N2CC[C@@H](N)C2)cc1. The van der Waals surface area contributed by atoms with Gasteiger partial charge < -0.3 is 10.6 Å². The fourth-order valence-corrected chi connectivity index (χ4v) is 2.46. The van der Waals surface area contributed by atoms with Crippen molar-refractivity contribution >= 4 is 5.91 Å². The zero-order valence-corrected chi connectivity index (χ0v) is 11.4. The molecule has 0 saturated carbocycles. The molecule has 0 unspecified atom stereocenters. The first-order valence-corrected chi connectivity index (χ1v) is 6.53. The minimum absolute atomic E-state index is 0.141. The van der Waals surface area contributed by atoms with Crippen LogP contribution in [0, 0.1) is 6.92 Å². The summed E-state index contributed by atoms with van der Waals surface area (Å²) < 4.78 is 0. The number of carbonyl (C=O) groups is 1. The van der Waals surface area contributed by atoms with Gasteiger partial charge in [-0.3, -0.25) is 4.79 Å². The lowest BCUT2D eigenvalue weighted by Gasteiger charge is -2.29. The minimum atomic E-state index is -0.474. The Bertz CT molecular complexity index is 436. The zero-order valence-electron chi connectivity index (χ0n) is 11.4. The van der Waals surface area contributed by atoms with Crippen LogP contribution in [0.2, 0.25) is 0 Å². The molecule has 1 atom stereocenters. The number of benzene rings is 1. The van der Waals surface area contributed by atoms with Gasteiger partial charge in [0.2, 0.25) is 5.91 Å². The van der Waals surface area contributed by atoms with Gasteiger partial charge in [-0.25, -0.2) is 0 Å².